The van der Waals surface area contributed by atoms with E-state index >= 15 is 0 Å². The molecule has 0 spiro atoms. The van der Waals surface area contributed by atoms with Crippen molar-refractivity contribution in [2.45, 2.75) is 12.8 Å². The van der Waals surface area contributed by atoms with Crippen molar-refractivity contribution in [2.24, 2.45) is 11.8 Å². The van der Waals surface area contributed by atoms with E-state index in [-0.39, 0.29) is 0 Å². The maximum atomic E-state index is 5.09. The average Bonchev–Trinajstić information content (AvgIpc) is 1.70. The third kappa shape index (κ3) is 1.32. The molecule has 0 amide bonds. The second kappa shape index (κ2) is 2.89. The summed E-state index contributed by atoms with van der Waals surface area (Å²) in [4.78, 5) is 0. The molecule has 0 unspecified atom stereocenters. The summed E-state index contributed by atoms with van der Waals surface area (Å²) in [6.45, 7) is 4.03. The Labute approximate surface area is 61.5 Å². The fourth-order valence-electron chi connectivity index (χ4n) is 1.37. The summed E-state index contributed by atoms with van der Waals surface area (Å²) in [5, 5.41) is 0. The van der Waals surface area contributed by atoms with Gasteiger partial charge in [0.2, 0.25) is 0 Å². The molecule has 2 fully saturated rings. The zero-order valence-corrected chi connectivity index (χ0v) is 6.21. The zero-order valence-electron chi connectivity index (χ0n) is 6.21. The summed E-state index contributed by atoms with van der Waals surface area (Å²) in [6, 6.07) is 0. The van der Waals surface area contributed by atoms with Crippen LogP contribution in [0.15, 0.2) is 0 Å². The van der Waals surface area contributed by atoms with Gasteiger partial charge in [0.1, 0.15) is 0 Å². The number of rotatable bonds is 3. The molecule has 0 radical (unpaired) electrons. The smallest absolute Gasteiger partial charge is 0.0516 e. The van der Waals surface area contributed by atoms with Crippen molar-refractivity contribution in [1.82, 2.24) is 0 Å². The lowest BCUT2D eigenvalue weighted by molar-refractivity contribution is -0.0629. The van der Waals surface area contributed by atoms with Crippen LogP contribution in [0.1, 0.15) is 12.8 Å². The summed E-state index contributed by atoms with van der Waals surface area (Å²) in [5.74, 6) is 1.75. The summed E-state index contributed by atoms with van der Waals surface area (Å²) in [5.41, 5.74) is 0. The Morgan fingerprint density at radius 3 is 1.40 bits per heavy atom. The van der Waals surface area contributed by atoms with Crippen LogP contribution in [0.4, 0.5) is 0 Å². The molecule has 2 aliphatic rings. The molecule has 0 aromatic heterocycles. The van der Waals surface area contributed by atoms with Crippen LogP contribution in [0.3, 0.4) is 0 Å². The van der Waals surface area contributed by atoms with E-state index in [1.54, 1.807) is 0 Å². The fraction of sp³-hybridized carbons (Fsp3) is 1.00. The van der Waals surface area contributed by atoms with Gasteiger partial charge in [-0.3, -0.25) is 0 Å². The molecule has 0 aliphatic carbocycles. The van der Waals surface area contributed by atoms with Crippen LogP contribution in [0.2, 0.25) is 0 Å². The predicted octanol–water partition coefficient (Wildman–Crippen LogP) is 1.06. The van der Waals surface area contributed by atoms with E-state index in [9.17, 15) is 0 Å². The van der Waals surface area contributed by atoms with Crippen LogP contribution >= 0.6 is 0 Å². The van der Waals surface area contributed by atoms with Gasteiger partial charge < -0.3 is 9.47 Å². The molecule has 2 rings (SSSR count). The molecule has 0 atom stereocenters. The van der Waals surface area contributed by atoms with Gasteiger partial charge in [-0.05, 0) is 12.8 Å². The van der Waals surface area contributed by atoms with E-state index in [1.165, 1.54) is 12.8 Å². The van der Waals surface area contributed by atoms with Crippen LogP contribution in [0, 0.1) is 11.8 Å². The van der Waals surface area contributed by atoms with Crippen molar-refractivity contribution in [1.29, 1.82) is 0 Å². The quantitative estimate of drug-likeness (QED) is 0.586. The molecule has 0 saturated carbocycles. The monoisotopic (exact) mass is 142 g/mol. The van der Waals surface area contributed by atoms with E-state index in [1.807, 2.05) is 0 Å². The second-order valence-corrected chi connectivity index (χ2v) is 3.38. The van der Waals surface area contributed by atoms with Crippen molar-refractivity contribution >= 4 is 0 Å². The molecular formula is C8H14O2. The first kappa shape index (κ1) is 6.62. The first-order valence-electron chi connectivity index (χ1n) is 4.10. The van der Waals surface area contributed by atoms with Gasteiger partial charge in [-0.2, -0.15) is 0 Å². The van der Waals surface area contributed by atoms with Crippen LogP contribution in [0.25, 0.3) is 0 Å². The fourth-order valence-corrected chi connectivity index (χ4v) is 1.37. The number of hydrogen-bond acceptors (Lipinski definition) is 2. The molecule has 58 valence electrons. The van der Waals surface area contributed by atoms with Crippen LogP contribution in [-0.4, -0.2) is 26.4 Å². The van der Waals surface area contributed by atoms with Gasteiger partial charge >= 0.3 is 0 Å². The van der Waals surface area contributed by atoms with Crippen LogP contribution < -0.4 is 0 Å². The van der Waals surface area contributed by atoms with E-state index < -0.39 is 0 Å². The minimum atomic E-state index is 0.876. The van der Waals surface area contributed by atoms with Crippen molar-refractivity contribution in [3.8, 4) is 0 Å². The highest BCUT2D eigenvalue weighted by Crippen LogP contribution is 2.23. The molecule has 10 heavy (non-hydrogen) atoms. The van der Waals surface area contributed by atoms with Gasteiger partial charge in [0.25, 0.3) is 0 Å². The Morgan fingerprint density at radius 2 is 1.20 bits per heavy atom. The maximum absolute atomic E-state index is 5.09. The molecule has 0 bridgehead atoms. The van der Waals surface area contributed by atoms with Crippen LogP contribution in [-0.2, 0) is 9.47 Å². The third-order valence-electron chi connectivity index (χ3n) is 2.40. The van der Waals surface area contributed by atoms with E-state index in [4.69, 9.17) is 9.47 Å². The first-order valence-corrected chi connectivity index (χ1v) is 4.10. The first-order chi connectivity index (χ1) is 4.95. The Bertz CT molecular complexity index is 91.8. The maximum Gasteiger partial charge on any atom is 0.0516 e. The van der Waals surface area contributed by atoms with Crippen molar-refractivity contribution < 1.29 is 9.47 Å². The number of hydrogen-bond donors (Lipinski definition) is 0. The van der Waals surface area contributed by atoms with E-state index in [2.05, 4.69) is 0 Å². The summed E-state index contributed by atoms with van der Waals surface area (Å²) in [7, 11) is 0. The van der Waals surface area contributed by atoms with Crippen LogP contribution in [0.5, 0.6) is 0 Å². The molecule has 2 nitrogen and oxygen atoms in total. The summed E-state index contributed by atoms with van der Waals surface area (Å²) >= 11 is 0. The van der Waals surface area contributed by atoms with Gasteiger partial charge in [-0.15, -0.1) is 0 Å². The number of ether oxygens (including phenoxy) is 2. The van der Waals surface area contributed by atoms with Crippen molar-refractivity contribution in [3.05, 3.63) is 0 Å². The van der Waals surface area contributed by atoms with E-state index in [0.717, 1.165) is 38.3 Å². The molecular weight excluding hydrogens is 128 g/mol. The SMILES string of the molecule is C(CC1COC1)C1COC1. The molecule has 0 aromatic carbocycles. The predicted molar refractivity (Wildman–Crippen MR) is 37.9 cm³/mol. The van der Waals surface area contributed by atoms with Crippen molar-refractivity contribution in [3.63, 3.8) is 0 Å². The molecule has 2 saturated heterocycles. The van der Waals surface area contributed by atoms with Gasteiger partial charge in [0, 0.05) is 11.8 Å². The second-order valence-electron chi connectivity index (χ2n) is 3.38. The molecule has 0 N–H and O–H groups in total. The summed E-state index contributed by atoms with van der Waals surface area (Å²) in [6.07, 6.45) is 2.71. The Morgan fingerprint density at radius 1 is 0.800 bits per heavy atom. The topological polar surface area (TPSA) is 18.5 Å². The highest BCUT2D eigenvalue weighted by molar-refractivity contribution is 4.71. The molecule has 2 heteroatoms. The molecule has 0 aromatic rings. The normalized spacial score (nSPS) is 27.6. The lowest BCUT2D eigenvalue weighted by atomic mass is 9.94. The lowest BCUT2D eigenvalue weighted by Crippen LogP contribution is -2.32. The van der Waals surface area contributed by atoms with Gasteiger partial charge in [-0.25, -0.2) is 0 Å². The van der Waals surface area contributed by atoms with E-state index in [0.29, 0.717) is 0 Å². The highest BCUT2D eigenvalue weighted by Gasteiger charge is 2.23. The molecule has 2 heterocycles. The lowest BCUT2D eigenvalue weighted by Gasteiger charge is -2.30. The zero-order chi connectivity index (χ0) is 6.81. The largest absolute Gasteiger partial charge is 0.381 e. The minimum absolute atomic E-state index is 0.876. The third-order valence-corrected chi connectivity index (χ3v) is 2.40. The molecule has 2 aliphatic heterocycles. The summed E-state index contributed by atoms with van der Waals surface area (Å²) < 4.78 is 10.2. The van der Waals surface area contributed by atoms with Gasteiger partial charge in [-0.1, -0.05) is 0 Å². The Kier molecular flexibility index (Phi) is 1.91. The van der Waals surface area contributed by atoms with Gasteiger partial charge in [0.15, 0.2) is 0 Å². The standard InChI is InChI=1S/C8H14O2/c1(7-3-9-4-7)2-8-5-10-6-8/h7-8H,1-6H2. The Hall–Kier alpha value is -0.0800. The Balaban J connectivity index is 1.54. The minimum Gasteiger partial charge on any atom is -0.381 e. The van der Waals surface area contributed by atoms with Gasteiger partial charge in [0.05, 0.1) is 26.4 Å². The average molecular weight is 142 g/mol. The highest BCUT2D eigenvalue weighted by atomic mass is 16.5. The van der Waals surface area contributed by atoms with Crippen molar-refractivity contribution in [2.75, 3.05) is 26.4 Å².